The molecule has 1 amide bonds. The molecule has 1 aromatic rings. The third-order valence-electron chi connectivity index (χ3n) is 3.93. The molecule has 0 saturated carbocycles. The number of likely N-dealkylation sites (tertiary alicyclic amines) is 1. The third kappa shape index (κ3) is 5.04. The Balaban J connectivity index is 1.71. The number of nitrogens with one attached hydrogen (secondary N) is 1. The standard InChI is InChI=1S/C17H26N2O3S/c1-13(18-23(21)17(2,3)4)15-10-19(11-15)16(20)22-12-14-8-6-5-7-9-14/h5-9,13,15,18H,10-12H2,1-4H3/t13-,23+/m0/s1. The number of carbonyl (C=O) groups excluding carboxylic acids is 1. The van der Waals surface area contributed by atoms with E-state index in [1.165, 1.54) is 0 Å². The Morgan fingerprint density at radius 3 is 2.52 bits per heavy atom. The fourth-order valence-electron chi connectivity index (χ4n) is 2.23. The molecule has 5 nitrogen and oxygen atoms in total. The van der Waals surface area contributed by atoms with Crippen LogP contribution >= 0.6 is 0 Å². The van der Waals surface area contributed by atoms with Crippen molar-refractivity contribution in [1.82, 2.24) is 9.62 Å². The number of ether oxygens (including phenoxy) is 1. The van der Waals surface area contributed by atoms with Crippen molar-refractivity contribution < 1.29 is 13.7 Å². The molecule has 2 atom stereocenters. The van der Waals surface area contributed by atoms with Crippen LogP contribution in [0.4, 0.5) is 4.79 Å². The summed E-state index contributed by atoms with van der Waals surface area (Å²) in [4.78, 5) is 13.7. The van der Waals surface area contributed by atoms with Crippen molar-refractivity contribution >= 4 is 17.1 Å². The second-order valence-electron chi connectivity index (χ2n) is 6.99. The molecular formula is C17H26N2O3S. The Kier molecular flexibility index (Phi) is 5.81. The van der Waals surface area contributed by atoms with Gasteiger partial charge in [0.2, 0.25) is 0 Å². The number of nitrogens with zero attached hydrogens (tertiary/aromatic N) is 1. The van der Waals surface area contributed by atoms with E-state index in [1.807, 2.05) is 58.0 Å². The van der Waals surface area contributed by atoms with Crippen LogP contribution in [0.1, 0.15) is 33.3 Å². The SMILES string of the molecule is C[C@H](N[S@](=O)C(C)(C)C)C1CN(C(=O)OCc2ccccc2)C1. The zero-order valence-corrected chi connectivity index (χ0v) is 15.1. The molecule has 0 aromatic heterocycles. The van der Waals surface area contributed by atoms with Gasteiger partial charge in [-0.25, -0.2) is 13.7 Å². The summed E-state index contributed by atoms with van der Waals surface area (Å²) < 4.78 is 20.2. The first kappa shape index (κ1) is 17.9. The molecule has 1 heterocycles. The number of rotatable bonds is 5. The van der Waals surface area contributed by atoms with Gasteiger partial charge in [0.1, 0.15) is 6.61 Å². The Hall–Kier alpha value is -1.40. The maximum Gasteiger partial charge on any atom is 0.410 e. The van der Waals surface area contributed by atoms with E-state index in [9.17, 15) is 9.00 Å². The zero-order valence-electron chi connectivity index (χ0n) is 14.2. The van der Waals surface area contributed by atoms with E-state index >= 15 is 0 Å². The monoisotopic (exact) mass is 338 g/mol. The van der Waals surface area contributed by atoms with Crippen LogP contribution in [0.3, 0.4) is 0 Å². The van der Waals surface area contributed by atoms with E-state index in [0.29, 0.717) is 25.6 Å². The van der Waals surface area contributed by atoms with Gasteiger partial charge in [-0.1, -0.05) is 30.3 Å². The molecule has 0 aliphatic carbocycles. The van der Waals surface area contributed by atoms with Crippen LogP contribution in [0.2, 0.25) is 0 Å². The molecule has 1 fully saturated rings. The maximum atomic E-state index is 12.1. The van der Waals surface area contributed by atoms with E-state index < -0.39 is 11.0 Å². The summed E-state index contributed by atoms with van der Waals surface area (Å²) in [6.45, 7) is 9.42. The van der Waals surface area contributed by atoms with Gasteiger partial charge >= 0.3 is 6.09 Å². The number of carbonyl (C=O) groups is 1. The lowest BCUT2D eigenvalue weighted by Crippen LogP contribution is -2.57. The Bertz CT molecular complexity index is 551. The molecule has 0 bridgehead atoms. The molecule has 0 radical (unpaired) electrons. The Morgan fingerprint density at radius 1 is 1.35 bits per heavy atom. The molecule has 1 N–H and O–H groups in total. The summed E-state index contributed by atoms with van der Waals surface area (Å²) in [6.07, 6.45) is -0.283. The van der Waals surface area contributed by atoms with Gasteiger partial charge in [0.25, 0.3) is 0 Å². The van der Waals surface area contributed by atoms with Crippen molar-refractivity contribution in [2.75, 3.05) is 13.1 Å². The number of amides is 1. The van der Waals surface area contributed by atoms with Crippen molar-refractivity contribution in [2.24, 2.45) is 5.92 Å². The minimum absolute atomic E-state index is 0.105. The molecule has 2 rings (SSSR count). The zero-order chi connectivity index (χ0) is 17.0. The van der Waals surface area contributed by atoms with Crippen molar-refractivity contribution in [3.8, 4) is 0 Å². The van der Waals surface area contributed by atoms with Gasteiger partial charge in [-0.3, -0.25) is 0 Å². The molecule has 6 heteroatoms. The minimum Gasteiger partial charge on any atom is -0.445 e. The molecule has 128 valence electrons. The highest BCUT2D eigenvalue weighted by Crippen LogP contribution is 2.22. The van der Waals surface area contributed by atoms with Gasteiger partial charge in [0, 0.05) is 25.0 Å². The van der Waals surface area contributed by atoms with Gasteiger partial charge in [-0.2, -0.15) is 0 Å². The number of hydrogen-bond acceptors (Lipinski definition) is 3. The summed E-state index contributed by atoms with van der Waals surface area (Å²) in [7, 11) is -1.09. The van der Waals surface area contributed by atoms with Crippen LogP contribution in [0.25, 0.3) is 0 Å². The molecule has 23 heavy (non-hydrogen) atoms. The van der Waals surface area contributed by atoms with Crippen molar-refractivity contribution in [2.45, 2.75) is 45.1 Å². The second-order valence-corrected chi connectivity index (χ2v) is 8.99. The topological polar surface area (TPSA) is 58.6 Å². The van der Waals surface area contributed by atoms with Crippen molar-refractivity contribution in [3.05, 3.63) is 35.9 Å². The van der Waals surface area contributed by atoms with Gasteiger partial charge in [0.15, 0.2) is 0 Å². The molecule has 0 spiro atoms. The summed E-state index contributed by atoms with van der Waals surface area (Å²) >= 11 is 0. The van der Waals surface area contributed by atoms with Crippen molar-refractivity contribution in [1.29, 1.82) is 0 Å². The normalized spacial score (nSPS) is 18.2. The van der Waals surface area contributed by atoms with E-state index in [4.69, 9.17) is 4.74 Å². The Labute approximate surface area is 141 Å². The predicted molar refractivity (Wildman–Crippen MR) is 92.2 cm³/mol. The molecule has 1 aliphatic rings. The highest BCUT2D eigenvalue weighted by molar-refractivity contribution is 7.84. The van der Waals surface area contributed by atoms with Gasteiger partial charge in [-0.15, -0.1) is 0 Å². The fraction of sp³-hybridized carbons (Fsp3) is 0.588. The van der Waals surface area contributed by atoms with E-state index in [0.717, 1.165) is 5.56 Å². The summed E-state index contributed by atoms with van der Waals surface area (Å²) in [6, 6.07) is 9.74. The largest absolute Gasteiger partial charge is 0.445 e. The van der Waals surface area contributed by atoms with Crippen molar-refractivity contribution in [3.63, 3.8) is 0 Å². The summed E-state index contributed by atoms with van der Waals surface area (Å²) in [5, 5.41) is 0. The highest BCUT2D eigenvalue weighted by atomic mass is 32.2. The summed E-state index contributed by atoms with van der Waals surface area (Å²) in [5.74, 6) is 0.311. The first-order chi connectivity index (χ1) is 10.8. The first-order valence-electron chi connectivity index (χ1n) is 7.91. The van der Waals surface area contributed by atoms with Gasteiger partial charge in [0.05, 0.1) is 15.7 Å². The lowest BCUT2D eigenvalue weighted by Gasteiger charge is -2.42. The average molecular weight is 338 g/mol. The Morgan fingerprint density at radius 2 is 1.96 bits per heavy atom. The number of benzene rings is 1. The minimum atomic E-state index is -1.09. The van der Waals surface area contributed by atoms with Gasteiger partial charge in [-0.05, 0) is 33.3 Å². The van der Waals surface area contributed by atoms with Gasteiger partial charge < -0.3 is 9.64 Å². The van der Waals surface area contributed by atoms with Crippen LogP contribution in [0.15, 0.2) is 30.3 Å². The van der Waals surface area contributed by atoms with Crippen LogP contribution in [-0.2, 0) is 22.3 Å². The van der Waals surface area contributed by atoms with Crippen LogP contribution in [-0.4, -0.2) is 39.1 Å². The molecule has 1 saturated heterocycles. The molecule has 1 aliphatic heterocycles. The lowest BCUT2D eigenvalue weighted by molar-refractivity contribution is 0.0424. The predicted octanol–water partition coefficient (Wildman–Crippen LogP) is 2.70. The fourth-order valence-corrected chi connectivity index (χ4v) is 3.11. The van der Waals surface area contributed by atoms with E-state index in [2.05, 4.69) is 4.72 Å². The molecule has 0 unspecified atom stereocenters. The number of hydrogen-bond donors (Lipinski definition) is 1. The highest BCUT2D eigenvalue weighted by Gasteiger charge is 2.36. The second kappa shape index (κ2) is 7.45. The van der Waals surface area contributed by atoms with Crippen LogP contribution < -0.4 is 4.72 Å². The smallest absolute Gasteiger partial charge is 0.410 e. The maximum absolute atomic E-state index is 12.1. The average Bonchev–Trinajstić information content (AvgIpc) is 2.43. The van der Waals surface area contributed by atoms with E-state index in [-0.39, 0.29) is 16.9 Å². The lowest BCUT2D eigenvalue weighted by atomic mass is 9.94. The summed E-state index contributed by atoms with van der Waals surface area (Å²) in [5.41, 5.74) is 0.980. The first-order valence-corrected chi connectivity index (χ1v) is 9.06. The molecular weight excluding hydrogens is 312 g/mol. The van der Waals surface area contributed by atoms with Crippen LogP contribution in [0.5, 0.6) is 0 Å². The van der Waals surface area contributed by atoms with Crippen LogP contribution in [0, 0.1) is 5.92 Å². The molecule has 1 aromatic carbocycles. The van der Waals surface area contributed by atoms with E-state index in [1.54, 1.807) is 4.90 Å². The third-order valence-corrected chi connectivity index (χ3v) is 5.63. The quantitative estimate of drug-likeness (QED) is 0.898.